The molecular weight excluding hydrogens is 262 g/mol. The normalized spacial score (nSPS) is 12.5. The summed E-state index contributed by atoms with van der Waals surface area (Å²) in [7, 11) is 3.69. The van der Waals surface area contributed by atoms with Crippen LogP contribution in [0.15, 0.2) is 48.5 Å². The number of nitrogens with two attached hydrogens (primary N) is 1. The van der Waals surface area contributed by atoms with Crippen LogP contribution in [0, 0.1) is 0 Å². The molecule has 0 aliphatic carbocycles. The van der Waals surface area contributed by atoms with E-state index >= 15 is 0 Å². The van der Waals surface area contributed by atoms with Crippen LogP contribution in [-0.4, -0.2) is 16.7 Å². The van der Waals surface area contributed by atoms with E-state index in [-0.39, 0.29) is 6.04 Å². The molecule has 2 aromatic carbocycles. The summed E-state index contributed by atoms with van der Waals surface area (Å²) in [5, 5.41) is 0. The van der Waals surface area contributed by atoms with Crippen LogP contribution in [0.25, 0.3) is 11.0 Å². The number of aryl methyl sites for hydroxylation is 1. The molecule has 1 aromatic heterocycles. The van der Waals surface area contributed by atoms with Crippen molar-refractivity contribution in [3.8, 4) is 5.75 Å². The number of fused-ring (bicyclic) bond motifs is 1. The fourth-order valence-corrected chi connectivity index (χ4v) is 2.55. The summed E-state index contributed by atoms with van der Waals surface area (Å²) in [5.41, 5.74) is 9.45. The van der Waals surface area contributed by atoms with E-state index < -0.39 is 0 Å². The molecule has 21 heavy (non-hydrogen) atoms. The summed E-state index contributed by atoms with van der Waals surface area (Å²) in [4.78, 5) is 4.69. The smallest absolute Gasteiger partial charge is 0.121 e. The standard InChI is InChI=1S/C17H19N3O/c1-20-16-9-8-13(21-2)10-15(16)19-17(20)11-14(18)12-6-4-3-5-7-12/h3-10,14H,11,18H2,1-2H3. The molecule has 1 unspecified atom stereocenters. The molecule has 0 amide bonds. The van der Waals surface area contributed by atoms with Gasteiger partial charge in [-0.25, -0.2) is 4.98 Å². The highest BCUT2D eigenvalue weighted by Crippen LogP contribution is 2.23. The highest BCUT2D eigenvalue weighted by Gasteiger charge is 2.13. The van der Waals surface area contributed by atoms with Crippen molar-refractivity contribution in [1.82, 2.24) is 9.55 Å². The van der Waals surface area contributed by atoms with E-state index in [1.165, 1.54) is 0 Å². The first kappa shape index (κ1) is 13.6. The quantitative estimate of drug-likeness (QED) is 0.800. The summed E-state index contributed by atoms with van der Waals surface area (Å²) in [5.74, 6) is 1.80. The molecule has 0 aliphatic heterocycles. The van der Waals surface area contributed by atoms with Gasteiger partial charge < -0.3 is 15.0 Å². The van der Waals surface area contributed by atoms with Crippen LogP contribution in [0.5, 0.6) is 5.75 Å². The van der Waals surface area contributed by atoms with Crippen LogP contribution in [0.3, 0.4) is 0 Å². The average Bonchev–Trinajstić information content (AvgIpc) is 2.83. The van der Waals surface area contributed by atoms with Crippen molar-refractivity contribution in [1.29, 1.82) is 0 Å². The second kappa shape index (κ2) is 5.58. The molecule has 3 rings (SSSR count). The number of nitrogens with zero attached hydrogens (tertiary/aromatic N) is 2. The van der Waals surface area contributed by atoms with E-state index in [4.69, 9.17) is 10.5 Å². The first-order valence-corrected chi connectivity index (χ1v) is 6.99. The van der Waals surface area contributed by atoms with E-state index in [1.54, 1.807) is 7.11 Å². The SMILES string of the molecule is COc1ccc2c(c1)nc(CC(N)c1ccccc1)n2C. The molecule has 0 saturated heterocycles. The van der Waals surface area contributed by atoms with Gasteiger partial charge in [-0.2, -0.15) is 0 Å². The van der Waals surface area contributed by atoms with E-state index in [0.717, 1.165) is 28.2 Å². The maximum Gasteiger partial charge on any atom is 0.121 e. The van der Waals surface area contributed by atoms with Gasteiger partial charge in [-0.3, -0.25) is 0 Å². The molecule has 1 heterocycles. The van der Waals surface area contributed by atoms with Crippen molar-refractivity contribution >= 4 is 11.0 Å². The van der Waals surface area contributed by atoms with Crippen molar-refractivity contribution < 1.29 is 4.74 Å². The minimum Gasteiger partial charge on any atom is -0.497 e. The van der Waals surface area contributed by atoms with Gasteiger partial charge in [0.15, 0.2) is 0 Å². The fraction of sp³-hybridized carbons (Fsp3) is 0.235. The highest BCUT2D eigenvalue weighted by molar-refractivity contribution is 5.77. The molecule has 0 radical (unpaired) electrons. The molecule has 3 aromatic rings. The zero-order valence-electron chi connectivity index (χ0n) is 12.3. The number of benzene rings is 2. The van der Waals surface area contributed by atoms with Gasteiger partial charge in [0.25, 0.3) is 0 Å². The predicted molar refractivity (Wildman–Crippen MR) is 84.3 cm³/mol. The van der Waals surface area contributed by atoms with Crippen LogP contribution < -0.4 is 10.5 Å². The van der Waals surface area contributed by atoms with E-state index in [0.29, 0.717) is 6.42 Å². The third-order valence-electron chi connectivity index (χ3n) is 3.81. The van der Waals surface area contributed by atoms with Crippen LogP contribution in [-0.2, 0) is 13.5 Å². The number of hydrogen-bond donors (Lipinski definition) is 1. The van der Waals surface area contributed by atoms with Gasteiger partial charge in [0.05, 0.1) is 18.1 Å². The van der Waals surface area contributed by atoms with Gasteiger partial charge >= 0.3 is 0 Å². The average molecular weight is 281 g/mol. The molecule has 0 spiro atoms. The van der Waals surface area contributed by atoms with Gasteiger partial charge in [0.1, 0.15) is 11.6 Å². The van der Waals surface area contributed by atoms with Crippen molar-refractivity contribution in [2.75, 3.05) is 7.11 Å². The summed E-state index contributed by atoms with van der Waals surface area (Å²) in [6.45, 7) is 0. The van der Waals surface area contributed by atoms with Crippen molar-refractivity contribution in [2.45, 2.75) is 12.5 Å². The lowest BCUT2D eigenvalue weighted by Gasteiger charge is -2.11. The van der Waals surface area contributed by atoms with Gasteiger partial charge in [-0.05, 0) is 17.7 Å². The Bertz CT molecular complexity index is 749. The zero-order valence-corrected chi connectivity index (χ0v) is 12.3. The Kier molecular flexibility index (Phi) is 3.62. The maximum atomic E-state index is 6.30. The number of rotatable bonds is 4. The molecule has 4 heteroatoms. The molecular formula is C17H19N3O. The van der Waals surface area contributed by atoms with Gasteiger partial charge in [-0.15, -0.1) is 0 Å². The van der Waals surface area contributed by atoms with Crippen molar-refractivity contribution in [3.05, 3.63) is 59.9 Å². The lowest BCUT2D eigenvalue weighted by atomic mass is 10.0. The van der Waals surface area contributed by atoms with Crippen LogP contribution in [0.4, 0.5) is 0 Å². The summed E-state index contributed by atoms with van der Waals surface area (Å²) >= 11 is 0. The van der Waals surface area contributed by atoms with Crippen molar-refractivity contribution in [2.24, 2.45) is 12.8 Å². The number of ether oxygens (including phenoxy) is 1. The molecule has 0 bridgehead atoms. The molecule has 0 aliphatic rings. The Balaban J connectivity index is 1.92. The van der Waals surface area contributed by atoms with Crippen LogP contribution in [0.1, 0.15) is 17.4 Å². The number of aromatic nitrogens is 2. The largest absolute Gasteiger partial charge is 0.497 e. The minimum absolute atomic E-state index is 0.0522. The number of hydrogen-bond acceptors (Lipinski definition) is 3. The van der Waals surface area contributed by atoms with Crippen molar-refractivity contribution in [3.63, 3.8) is 0 Å². The third-order valence-corrected chi connectivity index (χ3v) is 3.81. The Labute approximate surface area is 124 Å². The molecule has 1 atom stereocenters. The molecule has 0 fully saturated rings. The van der Waals surface area contributed by atoms with E-state index in [2.05, 4.69) is 21.7 Å². The first-order chi connectivity index (χ1) is 10.2. The number of imidazole rings is 1. The van der Waals surface area contributed by atoms with E-state index in [9.17, 15) is 0 Å². The fourth-order valence-electron chi connectivity index (χ4n) is 2.55. The van der Waals surface area contributed by atoms with Crippen LogP contribution in [0.2, 0.25) is 0 Å². The predicted octanol–water partition coefficient (Wildman–Crippen LogP) is 2.82. The Morgan fingerprint density at radius 1 is 1.19 bits per heavy atom. The van der Waals surface area contributed by atoms with E-state index in [1.807, 2.05) is 43.4 Å². The Hall–Kier alpha value is -2.33. The molecule has 4 nitrogen and oxygen atoms in total. The van der Waals surface area contributed by atoms with Gasteiger partial charge in [0, 0.05) is 25.6 Å². The second-order valence-corrected chi connectivity index (χ2v) is 5.16. The third kappa shape index (κ3) is 2.62. The zero-order chi connectivity index (χ0) is 14.8. The van der Waals surface area contributed by atoms with Gasteiger partial charge in [-0.1, -0.05) is 30.3 Å². The Morgan fingerprint density at radius 2 is 1.95 bits per heavy atom. The summed E-state index contributed by atoms with van der Waals surface area (Å²) < 4.78 is 7.34. The first-order valence-electron chi connectivity index (χ1n) is 6.99. The topological polar surface area (TPSA) is 53.1 Å². The summed E-state index contributed by atoms with van der Waals surface area (Å²) in [6.07, 6.45) is 0.706. The van der Waals surface area contributed by atoms with Gasteiger partial charge in [0.2, 0.25) is 0 Å². The molecule has 0 saturated carbocycles. The molecule has 108 valence electrons. The van der Waals surface area contributed by atoms with Crippen LogP contribution >= 0.6 is 0 Å². The maximum absolute atomic E-state index is 6.30. The minimum atomic E-state index is -0.0522. The Morgan fingerprint density at radius 3 is 2.67 bits per heavy atom. The lowest BCUT2D eigenvalue weighted by Crippen LogP contribution is -2.15. The lowest BCUT2D eigenvalue weighted by molar-refractivity contribution is 0.415. The molecule has 2 N–H and O–H groups in total. The monoisotopic (exact) mass is 281 g/mol. The summed E-state index contributed by atoms with van der Waals surface area (Å²) in [6, 6.07) is 16.0. The second-order valence-electron chi connectivity index (χ2n) is 5.16. The highest BCUT2D eigenvalue weighted by atomic mass is 16.5. The number of methoxy groups -OCH3 is 1.